The summed E-state index contributed by atoms with van der Waals surface area (Å²) >= 11 is 5.12. The Bertz CT molecular complexity index is 380. The smallest absolute Gasteiger partial charge is 0.171 e. The number of halogens is 1. The molecule has 0 aliphatic heterocycles. The van der Waals surface area contributed by atoms with Gasteiger partial charge in [-0.15, -0.1) is 0 Å². The van der Waals surface area contributed by atoms with E-state index in [2.05, 4.69) is 24.5 Å². The van der Waals surface area contributed by atoms with Gasteiger partial charge in [-0.1, -0.05) is 12.1 Å². The van der Waals surface area contributed by atoms with Crippen molar-refractivity contribution in [1.29, 1.82) is 0 Å². The predicted molar refractivity (Wildman–Crippen MR) is 77.5 cm³/mol. The quantitative estimate of drug-likeness (QED) is 0.675. The molecule has 18 heavy (non-hydrogen) atoms. The van der Waals surface area contributed by atoms with Gasteiger partial charge in [0.15, 0.2) is 5.11 Å². The third kappa shape index (κ3) is 4.98. The normalized spacial score (nSPS) is 10.4. The summed E-state index contributed by atoms with van der Waals surface area (Å²) in [5.41, 5.74) is 0.408. The Balaban J connectivity index is 2.32. The third-order valence-corrected chi connectivity index (χ3v) is 3.13. The molecule has 0 spiro atoms. The second-order valence-corrected chi connectivity index (χ2v) is 4.48. The number of nitrogens with one attached hydrogen (secondary N) is 3. The molecule has 0 atom stereocenters. The highest BCUT2D eigenvalue weighted by Crippen LogP contribution is 2.11. The highest BCUT2D eigenvalue weighted by Gasteiger charge is 2.04. The summed E-state index contributed by atoms with van der Waals surface area (Å²) in [6, 6.07) is 6.50. The van der Waals surface area contributed by atoms with Gasteiger partial charge in [-0.2, -0.15) is 0 Å². The minimum atomic E-state index is -0.295. The van der Waals surface area contributed by atoms with Gasteiger partial charge in [0, 0.05) is 0 Å². The number of hydrogen-bond acceptors (Lipinski definition) is 1. The molecule has 1 aromatic rings. The third-order valence-electron chi connectivity index (χ3n) is 2.89. The monoisotopic (exact) mass is 270 g/mol. The van der Waals surface area contributed by atoms with Gasteiger partial charge >= 0.3 is 0 Å². The van der Waals surface area contributed by atoms with Gasteiger partial charge in [-0.25, -0.2) is 4.39 Å². The van der Waals surface area contributed by atoms with E-state index in [9.17, 15) is 4.39 Å². The Morgan fingerprint density at radius 3 is 2.56 bits per heavy atom. The van der Waals surface area contributed by atoms with Gasteiger partial charge in [-0.3, -0.25) is 0 Å². The lowest BCUT2D eigenvalue weighted by Gasteiger charge is -2.16. The van der Waals surface area contributed by atoms with Crippen LogP contribution >= 0.6 is 12.2 Å². The molecule has 0 amide bonds. The summed E-state index contributed by atoms with van der Waals surface area (Å²) in [6.45, 7) is 8.32. The topological polar surface area (TPSA) is 28.5 Å². The molecule has 0 saturated carbocycles. The number of para-hydroxylation sites is 1. The molecule has 0 aliphatic rings. The van der Waals surface area contributed by atoms with Crippen molar-refractivity contribution in [2.45, 2.75) is 13.8 Å². The van der Waals surface area contributed by atoms with Crippen LogP contribution in [0.1, 0.15) is 13.8 Å². The van der Waals surface area contributed by atoms with Crippen molar-refractivity contribution in [3.05, 3.63) is 30.1 Å². The van der Waals surface area contributed by atoms with E-state index in [-0.39, 0.29) is 5.82 Å². The van der Waals surface area contributed by atoms with Crippen molar-refractivity contribution >= 4 is 23.0 Å². The maximum absolute atomic E-state index is 13.4. The summed E-state index contributed by atoms with van der Waals surface area (Å²) in [6.07, 6.45) is 0. The van der Waals surface area contributed by atoms with E-state index in [1.165, 1.54) is 11.0 Å². The second kappa shape index (κ2) is 8.00. The van der Waals surface area contributed by atoms with Crippen LogP contribution in [0.5, 0.6) is 0 Å². The van der Waals surface area contributed by atoms with Crippen LogP contribution in [0.3, 0.4) is 0 Å². The SMILES string of the molecule is CC[NH+](CC)CCNC(=S)Nc1ccccc1F. The molecule has 1 aromatic carbocycles. The molecular weight excluding hydrogens is 249 g/mol. The van der Waals surface area contributed by atoms with Crippen molar-refractivity contribution < 1.29 is 9.29 Å². The van der Waals surface area contributed by atoms with E-state index in [0.717, 1.165) is 26.2 Å². The van der Waals surface area contributed by atoms with Gasteiger partial charge < -0.3 is 15.5 Å². The Morgan fingerprint density at radius 1 is 1.28 bits per heavy atom. The summed E-state index contributed by atoms with van der Waals surface area (Å²) in [5.74, 6) is -0.295. The highest BCUT2D eigenvalue weighted by atomic mass is 32.1. The molecule has 3 nitrogen and oxygen atoms in total. The lowest BCUT2D eigenvalue weighted by atomic mass is 10.3. The first-order valence-electron chi connectivity index (χ1n) is 6.30. The lowest BCUT2D eigenvalue weighted by Crippen LogP contribution is -3.12. The maximum Gasteiger partial charge on any atom is 0.171 e. The summed E-state index contributed by atoms with van der Waals surface area (Å²) < 4.78 is 13.4. The number of hydrogen-bond donors (Lipinski definition) is 3. The molecular formula is C13H21FN3S+. The molecule has 100 valence electrons. The molecule has 0 unspecified atom stereocenters. The Morgan fingerprint density at radius 2 is 1.94 bits per heavy atom. The molecule has 1 rings (SSSR count). The van der Waals surface area contributed by atoms with Crippen LogP contribution in [0.4, 0.5) is 10.1 Å². The van der Waals surface area contributed by atoms with Crippen LogP contribution in [0.2, 0.25) is 0 Å². The number of anilines is 1. The number of thiocarbonyl (C=S) groups is 1. The fourth-order valence-corrected chi connectivity index (χ4v) is 1.90. The summed E-state index contributed by atoms with van der Waals surface area (Å²) in [7, 11) is 0. The largest absolute Gasteiger partial charge is 0.357 e. The minimum absolute atomic E-state index is 0.295. The lowest BCUT2D eigenvalue weighted by molar-refractivity contribution is -0.895. The van der Waals surface area contributed by atoms with E-state index in [1.807, 2.05) is 0 Å². The van der Waals surface area contributed by atoms with Gasteiger partial charge in [0.2, 0.25) is 0 Å². The molecule has 0 radical (unpaired) electrons. The first-order valence-corrected chi connectivity index (χ1v) is 6.71. The van der Waals surface area contributed by atoms with Gasteiger partial charge in [0.1, 0.15) is 5.82 Å². The Kier molecular flexibility index (Phi) is 6.60. The molecule has 0 saturated heterocycles. The van der Waals surface area contributed by atoms with Gasteiger partial charge in [-0.05, 0) is 38.2 Å². The first kappa shape index (κ1) is 14.9. The van der Waals surface area contributed by atoms with Crippen molar-refractivity contribution in [3.63, 3.8) is 0 Å². The van der Waals surface area contributed by atoms with E-state index in [1.54, 1.807) is 18.2 Å². The van der Waals surface area contributed by atoms with Crippen LogP contribution in [-0.2, 0) is 0 Å². The number of likely N-dealkylation sites (N-methyl/N-ethyl adjacent to an activating group) is 1. The fourth-order valence-electron chi connectivity index (χ4n) is 1.69. The van der Waals surface area contributed by atoms with E-state index in [0.29, 0.717) is 10.8 Å². The zero-order valence-electron chi connectivity index (χ0n) is 10.9. The Hall–Kier alpha value is -1.20. The van der Waals surface area contributed by atoms with Crippen LogP contribution in [0.25, 0.3) is 0 Å². The molecule has 0 aromatic heterocycles. The predicted octanol–water partition coefficient (Wildman–Crippen LogP) is 1.04. The average Bonchev–Trinajstić information content (AvgIpc) is 2.37. The highest BCUT2D eigenvalue weighted by molar-refractivity contribution is 7.80. The zero-order chi connectivity index (χ0) is 13.4. The fraction of sp³-hybridized carbons (Fsp3) is 0.462. The van der Waals surface area contributed by atoms with Crippen LogP contribution < -0.4 is 15.5 Å². The molecule has 5 heteroatoms. The number of benzene rings is 1. The number of rotatable bonds is 6. The molecule has 0 heterocycles. The Labute approximate surface area is 113 Å². The van der Waals surface area contributed by atoms with Crippen LogP contribution in [0, 0.1) is 5.82 Å². The van der Waals surface area contributed by atoms with Crippen molar-refractivity contribution in [3.8, 4) is 0 Å². The van der Waals surface area contributed by atoms with Gasteiger partial charge in [0.25, 0.3) is 0 Å². The number of quaternary nitrogens is 1. The standard InChI is InChI=1S/C13H20FN3S/c1-3-17(4-2)10-9-15-13(18)16-12-8-6-5-7-11(12)14/h5-8H,3-4,9-10H2,1-2H3,(H2,15,16,18)/p+1. The molecule has 0 bridgehead atoms. The maximum atomic E-state index is 13.4. The van der Waals surface area contributed by atoms with Crippen LogP contribution in [0.15, 0.2) is 24.3 Å². The van der Waals surface area contributed by atoms with Gasteiger partial charge in [0.05, 0.1) is 31.9 Å². The first-order chi connectivity index (χ1) is 8.67. The van der Waals surface area contributed by atoms with Crippen molar-refractivity contribution in [1.82, 2.24) is 5.32 Å². The van der Waals surface area contributed by atoms with E-state index < -0.39 is 0 Å². The van der Waals surface area contributed by atoms with E-state index >= 15 is 0 Å². The van der Waals surface area contributed by atoms with E-state index in [4.69, 9.17) is 12.2 Å². The molecule has 0 aliphatic carbocycles. The molecule has 3 N–H and O–H groups in total. The molecule has 0 fully saturated rings. The van der Waals surface area contributed by atoms with Crippen molar-refractivity contribution in [2.24, 2.45) is 0 Å². The van der Waals surface area contributed by atoms with Crippen LogP contribution in [-0.4, -0.2) is 31.3 Å². The minimum Gasteiger partial charge on any atom is -0.357 e. The summed E-state index contributed by atoms with van der Waals surface area (Å²) in [5, 5.41) is 6.41. The second-order valence-electron chi connectivity index (χ2n) is 4.07. The average molecular weight is 270 g/mol. The van der Waals surface area contributed by atoms with Crippen molar-refractivity contribution in [2.75, 3.05) is 31.5 Å². The zero-order valence-corrected chi connectivity index (χ0v) is 11.7. The summed E-state index contributed by atoms with van der Waals surface area (Å²) in [4.78, 5) is 1.51.